The predicted molar refractivity (Wildman–Crippen MR) is 78.6 cm³/mol. The molecule has 1 aliphatic carbocycles. The number of benzene rings is 1. The Morgan fingerprint density at radius 3 is 2.37 bits per heavy atom. The van der Waals surface area contributed by atoms with E-state index in [1.165, 1.54) is 24.8 Å². The summed E-state index contributed by atoms with van der Waals surface area (Å²) < 4.78 is 6.13. The lowest BCUT2D eigenvalue weighted by molar-refractivity contribution is 0.112. The van der Waals surface area contributed by atoms with Crippen molar-refractivity contribution < 1.29 is 4.74 Å². The van der Waals surface area contributed by atoms with Crippen molar-refractivity contribution in [3.8, 4) is 0 Å². The van der Waals surface area contributed by atoms with Crippen molar-refractivity contribution in [1.82, 2.24) is 0 Å². The predicted octanol–water partition coefficient (Wildman–Crippen LogP) is 4.09. The average molecular weight is 257 g/mol. The summed E-state index contributed by atoms with van der Waals surface area (Å²) in [6.07, 6.45) is 4.87. The normalized spacial score (nSPS) is 27.9. The van der Waals surface area contributed by atoms with Crippen molar-refractivity contribution in [2.24, 2.45) is 4.99 Å². The van der Waals surface area contributed by atoms with E-state index in [9.17, 15) is 0 Å². The molecule has 1 aromatic carbocycles. The molecule has 1 fully saturated rings. The fourth-order valence-electron chi connectivity index (χ4n) is 3.42. The number of hydrogen-bond donors (Lipinski definition) is 0. The highest BCUT2D eigenvalue weighted by atomic mass is 16.5. The van der Waals surface area contributed by atoms with E-state index in [1.807, 2.05) is 0 Å². The molecule has 1 heterocycles. The van der Waals surface area contributed by atoms with Gasteiger partial charge in [-0.3, -0.25) is 0 Å². The Hall–Kier alpha value is -1.31. The minimum absolute atomic E-state index is 0.00434. The molecule has 0 saturated heterocycles. The maximum absolute atomic E-state index is 6.13. The van der Waals surface area contributed by atoms with Gasteiger partial charge in [-0.1, -0.05) is 36.8 Å². The lowest BCUT2D eigenvalue weighted by Gasteiger charge is -2.46. The van der Waals surface area contributed by atoms with Crippen LogP contribution < -0.4 is 0 Å². The molecule has 0 N–H and O–H groups in total. The van der Waals surface area contributed by atoms with Gasteiger partial charge in [-0.15, -0.1) is 0 Å². The van der Waals surface area contributed by atoms with Crippen LogP contribution in [-0.2, 0) is 10.2 Å². The molecule has 1 aliphatic heterocycles. The zero-order valence-electron chi connectivity index (χ0n) is 12.1. The second kappa shape index (κ2) is 4.36. The Kier molecular flexibility index (Phi) is 2.92. The van der Waals surface area contributed by atoms with Gasteiger partial charge in [0.05, 0.1) is 17.1 Å². The zero-order chi connectivity index (χ0) is 13.5. The molecule has 0 bridgehead atoms. The number of rotatable bonds is 2. The molecular formula is C17H23NO. The first-order valence-corrected chi connectivity index (χ1v) is 7.34. The van der Waals surface area contributed by atoms with Crippen molar-refractivity contribution in [2.45, 2.75) is 63.5 Å². The monoisotopic (exact) mass is 257 g/mol. The van der Waals surface area contributed by atoms with Crippen LogP contribution >= 0.6 is 0 Å². The lowest BCUT2D eigenvalue weighted by atomic mass is 9.63. The van der Waals surface area contributed by atoms with Gasteiger partial charge in [0.2, 0.25) is 0 Å². The molecule has 1 unspecified atom stereocenters. The summed E-state index contributed by atoms with van der Waals surface area (Å²) in [6.45, 7) is 6.58. The van der Waals surface area contributed by atoms with E-state index < -0.39 is 0 Å². The first kappa shape index (κ1) is 12.7. The third-order valence-corrected chi connectivity index (χ3v) is 4.45. The smallest absolute Gasteiger partial charge is 0.194 e. The Balaban J connectivity index is 2.01. The first-order valence-electron chi connectivity index (χ1n) is 7.34. The Morgan fingerprint density at radius 2 is 1.84 bits per heavy atom. The van der Waals surface area contributed by atoms with Gasteiger partial charge in [-0.2, -0.15) is 0 Å². The van der Waals surface area contributed by atoms with Crippen LogP contribution in [0.4, 0.5) is 0 Å². The van der Waals surface area contributed by atoms with Gasteiger partial charge >= 0.3 is 0 Å². The van der Waals surface area contributed by atoms with Crippen molar-refractivity contribution in [2.75, 3.05) is 0 Å². The fraction of sp³-hybridized carbons (Fsp3) is 0.588. The Bertz CT molecular complexity index is 485. The maximum atomic E-state index is 6.13. The minimum Gasteiger partial charge on any atom is -0.477 e. The SMILES string of the molecule is CC1CC(C)(C)N=C(C2(c3ccccc3)CCC2)O1. The first-order chi connectivity index (χ1) is 9.02. The van der Waals surface area contributed by atoms with E-state index >= 15 is 0 Å². The van der Waals surface area contributed by atoms with E-state index in [1.54, 1.807) is 0 Å². The van der Waals surface area contributed by atoms with E-state index in [-0.39, 0.29) is 17.1 Å². The maximum Gasteiger partial charge on any atom is 0.194 e. The van der Waals surface area contributed by atoms with Gasteiger partial charge in [0.15, 0.2) is 5.90 Å². The largest absolute Gasteiger partial charge is 0.477 e. The standard InChI is InChI=1S/C17H23NO/c1-13-12-16(2,3)18-15(19-13)17(10-7-11-17)14-8-5-4-6-9-14/h4-6,8-9,13H,7,10-12H2,1-3H3. The third kappa shape index (κ3) is 2.18. The molecule has 2 heteroatoms. The Morgan fingerprint density at radius 1 is 1.16 bits per heavy atom. The molecule has 1 aromatic rings. The summed E-state index contributed by atoms with van der Waals surface area (Å²) in [5, 5.41) is 0. The molecule has 102 valence electrons. The molecule has 3 rings (SSSR count). The summed E-state index contributed by atoms with van der Waals surface area (Å²) >= 11 is 0. The molecule has 2 aliphatic rings. The number of aliphatic imine (C=N–C) groups is 1. The van der Waals surface area contributed by atoms with E-state index in [0.717, 1.165) is 12.3 Å². The quantitative estimate of drug-likeness (QED) is 0.782. The molecule has 0 amide bonds. The number of hydrogen-bond acceptors (Lipinski definition) is 2. The van der Waals surface area contributed by atoms with Crippen LogP contribution in [0.25, 0.3) is 0 Å². The van der Waals surface area contributed by atoms with Crippen LogP contribution in [0.1, 0.15) is 52.0 Å². The number of ether oxygens (including phenoxy) is 1. The lowest BCUT2D eigenvalue weighted by Crippen LogP contribution is -2.49. The second-order valence-electron chi connectivity index (χ2n) is 6.66. The molecule has 0 radical (unpaired) electrons. The van der Waals surface area contributed by atoms with Crippen LogP contribution in [0.3, 0.4) is 0 Å². The topological polar surface area (TPSA) is 21.6 Å². The van der Waals surface area contributed by atoms with Gasteiger partial charge in [-0.05, 0) is 39.2 Å². The fourth-order valence-corrected chi connectivity index (χ4v) is 3.42. The van der Waals surface area contributed by atoms with Gasteiger partial charge in [-0.25, -0.2) is 4.99 Å². The average Bonchev–Trinajstić information content (AvgIpc) is 2.26. The van der Waals surface area contributed by atoms with Crippen LogP contribution in [-0.4, -0.2) is 17.5 Å². The van der Waals surface area contributed by atoms with Crippen LogP contribution in [0.15, 0.2) is 35.3 Å². The highest BCUT2D eigenvalue weighted by molar-refractivity contribution is 5.90. The molecule has 0 spiro atoms. The zero-order valence-corrected chi connectivity index (χ0v) is 12.1. The van der Waals surface area contributed by atoms with Crippen molar-refractivity contribution in [3.05, 3.63) is 35.9 Å². The summed E-state index contributed by atoms with van der Waals surface area (Å²) in [4.78, 5) is 4.93. The molecular weight excluding hydrogens is 234 g/mol. The molecule has 1 atom stereocenters. The summed E-state index contributed by atoms with van der Waals surface area (Å²) in [5.41, 5.74) is 1.42. The molecule has 0 aromatic heterocycles. The summed E-state index contributed by atoms with van der Waals surface area (Å²) in [6, 6.07) is 10.8. The van der Waals surface area contributed by atoms with E-state index in [4.69, 9.17) is 9.73 Å². The van der Waals surface area contributed by atoms with Crippen LogP contribution in [0, 0.1) is 0 Å². The van der Waals surface area contributed by atoms with Crippen molar-refractivity contribution in [3.63, 3.8) is 0 Å². The Labute approximate surface area is 115 Å². The summed E-state index contributed by atoms with van der Waals surface area (Å²) in [7, 11) is 0. The summed E-state index contributed by atoms with van der Waals surface area (Å²) in [5.74, 6) is 0.980. The highest BCUT2D eigenvalue weighted by Gasteiger charge is 2.47. The molecule has 2 nitrogen and oxygen atoms in total. The van der Waals surface area contributed by atoms with E-state index in [0.29, 0.717) is 0 Å². The van der Waals surface area contributed by atoms with Gasteiger partial charge < -0.3 is 4.74 Å². The number of nitrogens with zero attached hydrogens (tertiary/aromatic N) is 1. The van der Waals surface area contributed by atoms with Crippen molar-refractivity contribution >= 4 is 5.90 Å². The van der Waals surface area contributed by atoms with Gasteiger partial charge in [0, 0.05) is 6.42 Å². The third-order valence-electron chi connectivity index (χ3n) is 4.45. The molecule has 1 saturated carbocycles. The van der Waals surface area contributed by atoms with Gasteiger partial charge in [0.25, 0.3) is 0 Å². The van der Waals surface area contributed by atoms with E-state index in [2.05, 4.69) is 51.1 Å². The minimum atomic E-state index is 0.00434. The van der Waals surface area contributed by atoms with Crippen LogP contribution in [0.2, 0.25) is 0 Å². The van der Waals surface area contributed by atoms with Crippen molar-refractivity contribution in [1.29, 1.82) is 0 Å². The van der Waals surface area contributed by atoms with Crippen LogP contribution in [0.5, 0.6) is 0 Å². The molecule has 19 heavy (non-hydrogen) atoms. The highest BCUT2D eigenvalue weighted by Crippen LogP contribution is 2.47. The second-order valence-corrected chi connectivity index (χ2v) is 6.66. The van der Waals surface area contributed by atoms with Gasteiger partial charge in [0.1, 0.15) is 0 Å².